The van der Waals surface area contributed by atoms with Gasteiger partial charge in [-0.05, 0) is 70.8 Å². The number of aliphatic hydroxyl groups excluding tert-OH is 1. The molecule has 50 heavy (non-hydrogen) atoms. The summed E-state index contributed by atoms with van der Waals surface area (Å²) in [6.07, 6.45) is 1.10. The lowest BCUT2D eigenvalue weighted by Crippen LogP contribution is -2.31. The second-order valence-corrected chi connectivity index (χ2v) is 12.9. The fourth-order valence-electron chi connectivity index (χ4n) is 5.57. The number of amides is 2. The summed E-state index contributed by atoms with van der Waals surface area (Å²) >= 11 is 1.50. The predicted octanol–water partition coefficient (Wildman–Crippen LogP) is 6.21. The van der Waals surface area contributed by atoms with Crippen molar-refractivity contribution in [3.05, 3.63) is 120 Å². The fourth-order valence-corrected chi connectivity index (χ4v) is 6.48. The first kappa shape index (κ1) is 34.8. The molecule has 2 amide bonds. The van der Waals surface area contributed by atoms with Crippen molar-refractivity contribution in [3.63, 3.8) is 0 Å². The van der Waals surface area contributed by atoms with Crippen LogP contribution in [0.2, 0.25) is 0 Å². The predicted molar refractivity (Wildman–Crippen MR) is 191 cm³/mol. The SMILES string of the molecule is Nc1ccccc1NC(=O)CCCCC(=O)Nc1cccc(C2OC(CSc3nnnn3-c3ccccc3)CC(c3ccc(CO)cc3)O2)c1. The number of rotatable bonds is 14. The first-order valence-electron chi connectivity index (χ1n) is 16.5. The van der Waals surface area contributed by atoms with E-state index in [0.29, 0.717) is 47.2 Å². The number of aliphatic hydroxyl groups is 1. The zero-order valence-corrected chi connectivity index (χ0v) is 28.2. The quantitative estimate of drug-likeness (QED) is 0.0597. The lowest BCUT2D eigenvalue weighted by molar-refractivity contribution is -0.245. The summed E-state index contributed by atoms with van der Waals surface area (Å²) in [7, 11) is 0. The number of anilines is 3. The summed E-state index contributed by atoms with van der Waals surface area (Å²) in [4.78, 5) is 25.1. The summed E-state index contributed by atoms with van der Waals surface area (Å²) in [5, 5.41) is 28.3. The molecule has 0 radical (unpaired) electrons. The molecule has 5 aromatic rings. The molecule has 258 valence electrons. The highest BCUT2D eigenvalue weighted by Crippen LogP contribution is 2.40. The summed E-state index contributed by atoms with van der Waals surface area (Å²) in [6, 6.07) is 32.0. The van der Waals surface area contributed by atoms with E-state index < -0.39 is 6.29 Å². The molecule has 3 unspecified atom stereocenters. The fraction of sp³-hybridized carbons (Fsp3) is 0.270. The number of para-hydroxylation sites is 3. The first-order chi connectivity index (χ1) is 24.4. The van der Waals surface area contributed by atoms with E-state index in [-0.39, 0.29) is 43.5 Å². The molecule has 1 aromatic heterocycles. The Labute approximate surface area is 294 Å². The van der Waals surface area contributed by atoms with Crippen LogP contribution in [0.5, 0.6) is 0 Å². The summed E-state index contributed by atoms with van der Waals surface area (Å²) in [5.41, 5.74) is 11.0. The Morgan fingerprint density at radius 1 is 0.860 bits per heavy atom. The Morgan fingerprint density at radius 2 is 1.60 bits per heavy atom. The van der Waals surface area contributed by atoms with Gasteiger partial charge in [0.25, 0.3) is 0 Å². The highest BCUT2D eigenvalue weighted by molar-refractivity contribution is 7.99. The molecule has 1 aliphatic rings. The van der Waals surface area contributed by atoms with Gasteiger partial charge in [-0.3, -0.25) is 9.59 Å². The van der Waals surface area contributed by atoms with E-state index >= 15 is 0 Å². The largest absolute Gasteiger partial charge is 0.397 e. The van der Waals surface area contributed by atoms with Gasteiger partial charge in [0.05, 0.1) is 35.9 Å². The van der Waals surface area contributed by atoms with E-state index in [1.54, 1.807) is 16.8 Å². The Balaban J connectivity index is 1.07. The molecule has 0 bridgehead atoms. The van der Waals surface area contributed by atoms with Crippen LogP contribution in [-0.2, 0) is 25.7 Å². The number of nitrogens with one attached hydrogen (secondary N) is 2. The van der Waals surface area contributed by atoms with Crippen LogP contribution in [0.25, 0.3) is 5.69 Å². The number of aromatic nitrogens is 4. The summed E-state index contributed by atoms with van der Waals surface area (Å²) in [6.45, 7) is -0.0371. The Bertz CT molecular complexity index is 1870. The number of hydrogen-bond acceptors (Lipinski definition) is 10. The van der Waals surface area contributed by atoms with Crippen LogP contribution in [-0.4, -0.2) is 49.0 Å². The third-order valence-corrected chi connectivity index (χ3v) is 9.24. The van der Waals surface area contributed by atoms with Crippen LogP contribution in [0.3, 0.4) is 0 Å². The number of benzene rings is 4. The normalized spacial score (nSPS) is 17.3. The van der Waals surface area contributed by atoms with Crippen molar-refractivity contribution in [3.8, 4) is 5.69 Å². The van der Waals surface area contributed by atoms with Crippen LogP contribution in [0.15, 0.2) is 108 Å². The number of nitrogen functional groups attached to an aromatic ring is 1. The van der Waals surface area contributed by atoms with E-state index in [4.69, 9.17) is 15.2 Å². The molecular formula is C37H39N7O5S. The number of hydrogen-bond donors (Lipinski definition) is 4. The van der Waals surface area contributed by atoms with Crippen LogP contribution >= 0.6 is 11.8 Å². The van der Waals surface area contributed by atoms with Gasteiger partial charge in [0.1, 0.15) is 0 Å². The molecule has 1 aliphatic heterocycles. The van der Waals surface area contributed by atoms with E-state index in [1.165, 1.54) is 11.8 Å². The van der Waals surface area contributed by atoms with Gasteiger partial charge in [-0.1, -0.05) is 78.5 Å². The molecule has 4 aromatic carbocycles. The summed E-state index contributed by atoms with van der Waals surface area (Å²) in [5.74, 6) is 0.288. The van der Waals surface area contributed by atoms with E-state index in [0.717, 1.165) is 22.4 Å². The number of nitrogens with two attached hydrogens (primary N) is 1. The molecular weight excluding hydrogens is 655 g/mol. The van der Waals surface area contributed by atoms with Crippen molar-refractivity contribution in [2.75, 3.05) is 22.1 Å². The van der Waals surface area contributed by atoms with E-state index in [1.807, 2.05) is 91.0 Å². The van der Waals surface area contributed by atoms with Crippen molar-refractivity contribution in [2.24, 2.45) is 0 Å². The van der Waals surface area contributed by atoms with Gasteiger partial charge in [-0.25, -0.2) is 0 Å². The minimum atomic E-state index is -0.698. The zero-order chi connectivity index (χ0) is 34.7. The van der Waals surface area contributed by atoms with Gasteiger partial charge in [-0.15, -0.1) is 5.10 Å². The summed E-state index contributed by atoms with van der Waals surface area (Å²) < 4.78 is 14.7. The standard InChI is InChI=1S/C37H39N7O5S/c38-31-13-4-5-14-32(31)40-35(47)16-7-6-15-34(46)39-28-10-8-9-27(21-28)36-48-30(22-33(49-36)26-19-17-25(23-45)18-20-26)24-50-37-41-42-43-44(37)29-11-2-1-3-12-29/h1-5,8-14,17-21,30,33,36,45H,6-7,15-16,22-24,38H2,(H,39,46)(H,40,47). The number of carbonyl (C=O) groups excluding carboxylic acids is 2. The van der Waals surface area contributed by atoms with Gasteiger partial charge < -0.3 is 30.9 Å². The molecule has 3 atom stereocenters. The van der Waals surface area contributed by atoms with Gasteiger partial charge in [0, 0.05) is 36.3 Å². The molecule has 13 heteroatoms. The lowest BCUT2D eigenvalue weighted by Gasteiger charge is -2.36. The third kappa shape index (κ3) is 9.33. The number of thioether (sulfide) groups is 1. The highest BCUT2D eigenvalue weighted by atomic mass is 32.2. The maximum Gasteiger partial charge on any atom is 0.224 e. The maximum absolute atomic E-state index is 12.8. The minimum absolute atomic E-state index is 0.0371. The van der Waals surface area contributed by atoms with Gasteiger partial charge in [-0.2, -0.15) is 4.68 Å². The second kappa shape index (κ2) is 17.0. The molecule has 5 N–H and O–H groups in total. The van der Waals surface area contributed by atoms with Crippen molar-refractivity contribution in [1.29, 1.82) is 0 Å². The van der Waals surface area contributed by atoms with E-state index in [2.05, 4.69) is 26.2 Å². The molecule has 1 fully saturated rings. The smallest absolute Gasteiger partial charge is 0.224 e. The second-order valence-electron chi connectivity index (χ2n) is 11.9. The van der Waals surface area contributed by atoms with Gasteiger partial charge >= 0.3 is 0 Å². The van der Waals surface area contributed by atoms with Gasteiger partial charge in [0.2, 0.25) is 17.0 Å². The monoisotopic (exact) mass is 693 g/mol. The van der Waals surface area contributed by atoms with Crippen LogP contribution in [0.1, 0.15) is 61.2 Å². The molecule has 0 aliphatic carbocycles. The third-order valence-electron chi connectivity index (χ3n) is 8.19. The number of carbonyl (C=O) groups is 2. The molecule has 2 heterocycles. The van der Waals surface area contributed by atoms with Crippen molar-refractivity contribution >= 4 is 40.6 Å². The molecule has 6 rings (SSSR count). The maximum atomic E-state index is 12.8. The lowest BCUT2D eigenvalue weighted by atomic mass is 10.0. The van der Waals surface area contributed by atoms with Crippen LogP contribution < -0.4 is 16.4 Å². The van der Waals surface area contributed by atoms with Crippen LogP contribution in [0, 0.1) is 0 Å². The average molecular weight is 694 g/mol. The molecule has 1 saturated heterocycles. The van der Waals surface area contributed by atoms with Crippen molar-refractivity contribution < 1.29 is 24.2 Å². The number of ether oxygens (including phenoxy) is 2. The Kier molecular flexibility index (Phi) is 11.8. The van der Waals surface area contributed by atoms with Gasteiger partial charge in [0.15, 0.2) is 6.29 Å². The van der Waals surface area contributed by atoms with Crippen molar-refractivity contribution in [2.45, 2.75) is 62.4 Å². The van der Waals surface area contributed by atoms with Crippen LogP contribution in [0.4, 0.5) is 17.1 Å². The molecule has 0 spiro atoms. The number of nitrogens with zero attached hydrogens (tertiary/aromatic N) is 4. The molecule has 0 saturated carbocycles. The van der Waals surface area contributed by atoms with Crippen molar-refractivity contribution in [1.82, 2.24) is 20.2 Å². The highest BCUT2D eigenvalue weighted by Gasteiger charge is 2.33. The topological polar surface area (TPSA) is 167 Å². The average Bonchev–Trinajstić information content (AvgIpc) is 3.63. The number of unbranched alkanes of at least 4 members (excludes halogenated alkanes) is 1. The number of tetrazole rings is 1. The Morgan fingerprint density at radius 3 is 2.36 bits per heavy atom. The van der Waals surface area contributed by atoms with E-state index in [9.17, 15) is 14.7 Å². The Hall–Kier alpha value is -5.08. The molecule has 12 nitrogen and oxygen atoms in total. The zero-order valence-electron chi connectivity index (χ0n) is 27.4. The first-order valence-corrected chi connectivity index (χ1v) is 17.4. The minimum Gasteiger partial charge on any atom is -0.397 e.